The molecule has 1 aromatic carbocycles. The number of carbonyl (C=O) groups is 1. The normalized spacial score (nSPS) is 10.6. The highest BCUT2D eigenvalue weighted by atomic mass is 35.5. The lowest BCUT2D eigenvalue weighted by Gasteiger charge is -1.95. The van der Waals surface area contributed by atoms with E-state index in [-0.39, 0.29) is 0 Å². The van der Waals surface area contributed by atoms with Gasteiger partial charge in [-0.1, -0.05) is 11.6 Å². The second kappa shape index (κ2) is 3.15. The second-order valence-electron chi connectivity index (χ2n) is 2.83. The number of thiophene rings is 1. The van der Waals surface area contributed by atoms with Crippen LogP contribution in [0.4, 0.5) is 5.69 Å². The van der Waals surface area contributed by atoms with Crippen LogP contribution in [0.3, 0.4) is 0 Å². The summed E-state index contributed by atoms with van der Waals surface area (Å²) >= 11 is 7.00. The predicted molar refractivity (Wildman–Crippen MR) is 58.2 cm³/mol. The highest BCUT2D eigenvalue weighted by molar-refractivity contribution is 7.20. The standard InChI is InChI=1S/C9H6ClNO2S/c10-5-1-4-2-8(9(12)13)14-7(4)3-6(5)11/h1-3H,11H2,(H,12,13). The van der Waals surface area contributed by atoms with Gasteiger partial charge in [0.15, 0.2) is 0 Å². The van der Waals surface area contributed by atoms with Crippen LogP contribution >= 0.6 is 22.9 Å². The number of rotatable bonds is 1. The molecule has 0 aliphatic heterocycles. The summed E-state index contributed by atoms with van der Waals surface area (Å²) in [5.74, 6) is -0.930. The van der Waals surface area contributed by atoms with Crippen molar-refractivity contribution in [1.29, 1.82) is 0 Å². The first-order valence-corrected chi connectivity index (χ1v) is 4.99. The van der Waals surface area contributed by atoms with Crippen LogP contribution in [0.5, 0.6) is 0 Å². The van der Waals surface area contributed by atoms with Crippen molar-refractivity contribution < 1.29 is 9.90 Å². The van der Waals surface area contributed by atoms with Crippen LogP contribution in [0.1, 0.15) is 9.67 Å². The molecule has 0 saturated carbocycles. The summed E-state index contributed by atoms with van der Waals surface area (Å²) in [7, 11) is 0. The van der Waals surface area contributed by atoms with Gasteiger partial charge in [-0.15, -0.1) is 11.3 Å². The van der Waals surface area contributed by atoms with Crippen LogP contribution in [0, 0.1) is 0 Å². The lowest BCUT2D eigenvalue weighted by Crippen LogP contribution is -1.89. The molecule has 0 fully saturated rings. The molecule has 0 saturated heterocycles. The summed E-state index contributed by atoms with van der Waals surface area (Å²) in [5, 5.41) is 10.0. The number of nitrogen functional groups attached to an aromatic ring is 1. The number of benzene rings is 1. The van der Waals surface area contributed by atoms with Gasteiger partial charge in [-0.25, -0.2) is 4.79 Å². The summed E-state index contributed by atoms with van der Waals surface area (Å²) in [6.07, 6.45) is 0. The number of carboxylic acid groups (broad SMARTS) is 1. The molecule has 0 unspecified atom stereocenters. The van der Waals surface area contributed by atoms with Crippen molar-refractivity contribution in [3.63, 3.8) is 0 Å². The molecule has 0 spiro atoms. The molecule has 3 N–H and O–H groups in total. The number of hydrogen-bond acceptors (Lipinski definition) is 3. The zero-order chi connectivity index (χ0) is 10.3. The van der Waals surface area contributed by atoms with Gasteiger partial charge in [-0.2, -0.15) is 0 Å². The van der Waals surface area contributed by atoms with E-state index in [1.807, 2.05) is 0 Å². The maximum atomic E-state index is 10.7. The van der Waals surface area contributed by atoms with Crippen molar-refractivity contribution in [1.82, 2.24) is 0 Å². The summed E-state index contributed by atoms with van der Waals surface area (Å²) in [4.78, 5) is 11.0. The Morgan fingerprint density at radius 2 is 2.14 bits per heavy atom. The third-order valence-corrected chi connectivity index (χ3v) is 3.26. The molecule has 5 heteroatoms. The van der Waals surface area contributed by atoms with E-state index >= 15 is 0 Å². The van der Waals surface area contributed by atoms with Crippen molar-refractivity contribution in [2.24, 2.45) is 0 Å². The van der Waals surface area contributed by atoms with Crippen LogP contribution in [0.2, 0.25) is 5.02 Å². The first-order chi connectivity index (χ1) is 6.58. The molecule has 14 heavy (non-hydrogen) atoms. The van der Waals surface area contributed by atoms with Crippen LogP contribution in [-0.2, 0) is 0 Å². The second-order valence-corrected chi connectivity index (χ2v) is 4.32. The molecule has 1 heterocycles. The van der Waals surface area contributed by atoms with E-state index in [1.165, 1.54) is 11.3 Å². The maximum absolute atomic E-state index is 10.7. The minimum absolute atomic E-state index is 0.293. The number of aromatic carboxylic acids is 1. The molecule has 0 aliphatic rings. The summed E-state index contributed by atoms with van der Waals surface area (Å²) in [6.45, 7) is 0. The molecule has 1 aromatic heterocycles. The summed E-state index contributed by atoms with van der Waals surface area (Å²) in [5.41, 5.74) is 6.07. The number of carboxylic acids is 1. The van der Waals surface area contributed by atoms with Gasteiger partial charge >= 0.3 is 5.97 Å². The molecule has 0 aliphatic carbocycles. The molecule has 0 amide bonds. The largest absolute Gasteiger partial charge is 0.477 e. The Labute approximate surface area is 88.7 Å². The molecule has 2 aromatic rings. The Bertz CT molecular complexity index is 482. The fraction of sp³-hybridized carbons (Fsp3) is 0. The first kappa shape index (κ1) is 9.30. The minimum atomic E-state index is -0.930. The first-order valence-electron chi connectivity index (χ1n) is 3.80. The lowest BCUT2D eigenvalue weighted by molar-refractivity contribution is 0.0702. The van der Waals surface area contributed by atoms with E-state index in [1.54, 1.807) is 18.2 Å². The zero-order valence-corrected chi connectivity index (χ0v) is 8.52. The van der Waals surface area contributed by atoms with Crippen LogP contribution in [-0.4, -0.2) is 11.1 Å². The van der Waals surface area contributed by atoms with Crippen molar-refractivity contribution in [3.8, 4) is 0 Å². The minimum Gasteiger partial charge on any atom is -0.477 e. The number of fused-ring (bicyclic) bond motifs is 1. The summed E-state index contributed by atoms with van der Waals surface area (Å²) in [6, 6.07) is 4.96. The lowest BCUT2D eigenvalue weighted by atomic mass is 10.2. The van der Waals surface area contributed by atoms with Crippen molar-refractivity contribution in [2.75, 3.05) is 5.73 Å². The molecule has 72 valence electrons. The van der Waals surface area contributed by atoms with E-state index in [0.29, 0.717) is 15.6 Å². The third-order valence-electron chi connectivity index (χ3n) is 1.85. The SMILES string of the molecule is Nc1cc2sc(C(=O)O)cc2cc1Cl. The van der Waals surface area contributed by atoms with Gasteiger partial charge < -0.3 is 10.8 Å². The van der Waals surface area contributed by atoms with E-state index in [4.69, 9.17) is 22.4 Å². The van der Waals surface area contributed by atoms with Gasteiger partial charge in [0.25, 0.3) is 0 Å². The van der Waals surface area contributed by atoms with Crippen LogP contribution in [0.25, 0.3) is 10.1 Å². The Hall–Kier alpha value is -1.26. The molecule has 0 atom stereocenters. The third kappa shape index (κ3) is 1.42. The highest BCUT2D eigenvalue weighted by Gasteiger charge is 2.09. The van der Waals surface area contributed by atoms with Crippen molar-refractivity contribution >= 4 is 44.7 Å². The quantitative estimate of drug-likeness (QED) is 0.737. The highest BCUT2D eigenvalue weighted by Crippen LogP contribution is 2.31. The van der Waals surface area contributed by atoms with E-state index in [2.05, 4.69) is 0 Å². The molecule has 0 radical (unpaired) electrons. The van der Waals surface area contributed by atoms with Crippen LogP contribution < -0.4 is 5.73 Å². The van der Waals surface area contributed by atoms with Crippen LogP contribution in [0.15, 0.2) is 18.2 Å². The zero-order valence-electron chi connectivity index (χ0n) is 6.95. The fourth-order valence-corrected chi connectivity index (χ4v) is 2.28. The van der Waals surface area contributed by atoms with Gasteiger partial charge in [-0.05, 0) is 23.6 Å². The van der Waals surface area contributed by atoms with Gasteiger partial charge in [0.05, 0.1) is 10.7 Å². The maximum Gasteiger partial charge on any atom is 0.345 e. The van der Waals surface area contributed by atoms with E-state index < -0.39 is 5.97 Å². The number of hydrogen-bond donors (Lipinski definition) is 2. The van der Waals surface area contributed by atoms with Gasteiger partial charge in [0.1, 0.15) is 4.88 Å². The molecular formula is C9H6ClNO2S. The molecular weight excluding hydrogens is 222 g/mol. The summed E-state index contributed by atoms with van der Waals surface area (Å²) < 4.78 is 0.837. The molecule has 3 nitrogen and oxygen atoms in total. The van der Waals surface area contributed by atoms with Gasteiger partial charge in [0, 0.05) is 4.70 Å². The van der Waals surface area contributed by atoms with E-state index in [0.717, 1.165) is 10.1 Å². The smallest absolute Gasteiger partial charge is 0.345 e. The predicted octanol–water partition coefficient (Wildman–Crippen LogP) is 2.84. The monoisotopic (exact) mass is 227 g/mol. The van der Waals surface area contributed by atoms with E-state index in [9.17, 15) is 4.79 Å². The number of nitrogens with two attached hydrogens (primary N) is 1. The number of anilines is 1. The van der Waals surface area contributed by atoms with Gasteiger partial charge in [-0.3, -0.25) is 0 Å². The Kier molecular flexibility index (Phi) is 2.09. The number of halogens is 1. The van der Waals surface area contributed by atoms with Gasteiger partial charge in [0.2, 0.25) is 0 Å². The Morgan fingerprint density at radius 1 is 1.43 bits per heavy atom. The average molecular weight is 228 g/mol. The fourth-order valence-electron chi connectivity index (χ4n) is 1.18. The topological polar surface area (TPSA) is 63.3 Å². The Morgan fingerprint density at radius 3 is 2.79 bits per heavy atom. The molecule has 2 rings (SSSR count). The van der Waals surface area contributed by atoms with Crippen molar-refractivity contribution in [3.05, 3.63) is 28.1 Å². The van der Waals surface area contributed by atoms with Crippen molar-refractivity contribution in [2.45, 2.75) is 0 Å². The Balaban J connectivity index is 2.72. The average Bonchev–Trinajstić information content (AvgIpc) is 2.48. The molecule has 0 bridgehead atoms.